The second-order valence-corrected chi connectivity index (χ2v) is 4.45. The van der Waals surface area contributed by atoms with Gasteiger partial charge in [-0.05, 0) is 29.7 Å². The monoisotopic (exact) mass is 250 g/mol. The van der Waals surface area contributed by atoms with Crippen molar-refractivity contribution >= 4 is 23.2 Å². The zero-order valence-corrected chi connectivity index (χ0v) is 10.5. The Bertz CT molecular complexity index is 504. The molecule has 2 aromatic carbocycles. The Morgan fingerprint density at radius 2 is 1.69 bits per heavy atom. The van der Waals surface area contributed by atoms with Crippen molar-refractivity contribution < 1.29 is 0 Å². The van der Waals surface area contributed by atoms with E-state index in [1.165, 1.54) is 0 Å². The SMILES string of the molecule is CCc1ccc(-c2ccccc2Cl)cc1Cl. The van der Waals surface area contributed by atoms with Crippen molar-refractivity contribution in [3.8, 4) is 11.1 Å². The molecule has 2 heteroatoms. The van der Waals surface area contributed by atoms with Gasteiger partial charge in [-0.3, -0.25) is 0 Å². The molecule has 0 saturated carbocycles. The number of hydrogen-bond donors (Lipinski definition) is 0. The highest BCUT2D eigenvalue weighted by Gasteiger charge is 2.05. The summed E-state index contributed by atoms with van der Waals surface area (Å²) in [6, 6.07) is 13.9. The van der Waals surface area contributed by atoms with Gasteiger partial charge in [0.2, 0.25) is 0 Å². The van der Waals surface area contributed by atoms with Gasteiger partial charge in [0.1, 0.15) is 0 Å². The molecule has 0 nitrogen and oxygen atoms in total. The van der Waals surface area contributed by atoms with Crippen LogP contribution in [0.3, 0.4) is 0 Å². The summed E-state index contributed by atoms with van der Waals surface area (Å²) < 4.78 is 0. The maximum absolute atomic E-state index is 6.19. The Labute approximate surface area is 106 Å². The summed E-state index contributed by atoms with van der Waals surface area (Å²) in [5.74, 6) is 0. The number of benzene rings is 2. The molecule has 2 aromatic rings. The van der Waals surface area contributed by atoms with Gasteiger partial charge in [-0.25, -0.2) is 0 Å². The van der Waals surface area contributed by atoms with Gasteiger partial charge in [0.05, 0.1) is 0 Å². The van der Waals surface area contributed by atoms with Crippen LogP contribution in [0.15, 0.2) is 42.5 Å². The summed E-state index contributed by atoms with van der Waals surface area (Å²) in [5.41, 5.74) is 3.25. The second kappa shape index (κ2) is 4.90. The fourth-order valence-corrected chi connectivity index (χ4v) is 2.26. The molecule has 0 unspecified atom stereocenters. The number of hydrogen-bond acceptors (Lipinski definition) is 0. The Kier molecular flexibility index (Phi) is 3.52. The molecule has 2 rings (SSSR count). The average Bonchev–Trinajstić information content (AvgIpc) is 2.29. The highest BCUT2D eigenvalue weighted by molar-refractivity contribution is 6.34. The van der Waals surface area contributed by atoms with E-state index in [1.807, 2.05) is 30.3 Å². The second-order valence-electron chi connectivity index (χ2n) is 3.64. The molecule has 0 amide bonds. The lowest BCUT2D eigenvalue weighted by molar-refractivity contribution is 1.14. The highest BCUT2D eigenvalue weighted by atomic mass is 35.5. The maximum Gasteiger partial charge on any atom is 0.0484 e. The first-order chi connectivity index (χ1) is 7.72. The van der Waals surface area contributed by atoms with E-state index in [1.54, 1.807) is 0 Å². The highest BCUT2D eigenvalue weighted by Crippen LogP contribution is 2.30. The first kappa shape index (κ1) is 11.5. The summed E-state index contributed by atoms with van der Waals surface area (Å²) in [4.78, 5) is 0. The molecule has 82 valence electrons. The molecule has 0 fully saturated rings. The molecule has 0 aliphatic rings. The molecular formula is C14H12Cl2. The number of rotatable bonds is 2. The van der Waals surface area contributed by atoms with E-state index in [4.69, 9.17) is 23.2 Å². The van der Waals surface area contributed by atoms with Crippen molar-refractivity contribution in [3.63, 3.8) is 0 Å². The quantitative estimate of drug-likeness (QED) is 0.686. The Morgan fingerprint density at radius 1 is 0.938 bits per heavy atom. The number of halogens is 2. The van der Waals surface area contributed by atoms with Crippen molar-refractivity contribution in [2.45, 2.75) is 13.3 Å². The molecule has 0 aromatic heterocycles. The lowest BCUT2D eigenvalue weighted by atomic mass is 10.0. The zero-order chi connectivity index (χ0) is 11.5. The molecule has 0 heterocycles. The van der Waals surface area contributed by atoms with Gasteiger partial charge in [-0.15, -0.1) is 0 Å². The summed E-state index contributed by atoms with van der Waals surface area (Å²) >= 11 is 12.3. The van der Waals surface area contributed by atoms with Crippen LogP contribution in [0.5, 0.6) is 0 Å². The molecule has 16 heavy (non-hydrogen) atoms. The largest absolute Gasteiger partial charge is 0.0840 e. The van der Waals surface area contributed by atoms with Crippen LogP contribution in [-0.4, -0.2) is 0 Å². The molecule has 0 bridgehead atoms. The molecular weight excluding hydrogens is 239 g/mol. The predicted octanol–water partition coefficient (Wildman–Crippen LogP) is 5.22. The van der Waals surface area contributed by atoms with E-state index < -0.39 is 0 Å². The Morgan fingerprint density at radius 3 is 2.31 bits per heavy atom. The van der Waals surface area contributed by atoms with E-state index in [2.05, 4.69) is 19.1 Å². The van der Waals surface area contributed by atoms with E-state index >= 15 is 0 Å². The maximum atomic E-state index is 6.19. The topological polar surface area (TPSA) is 0 Å². The van der Waals surface area contributed by atoms with Crippen LogP contribution < -0.4 is 0 Å². The fourth-order valence-electron chi connectivity index (χ4n) is 1.70. The minimum Gasteiger partial charge on any atom is -0.0840 e. The van der Waals surface area contributed by atoms with E-state index in [0.717, 1.165) is 33.2 Å². The molecule has 0 atom stereocenters. The number of aryl methyl sites for hydroxylation is 1. The molecule has 0 saturated heterocycles. The fraction of sp³-hybridized carbons (Fsp3) is 0.143. The van der Waals surface area contributed by atoms with Gasteiger partial charge < -0.3 is 0 Å². The minimum absolute atomic E-state index is 0.753. The molecule has 0 spiro atoms. The van der Waals surface area contributed by atoms with E-state index in [-0.39, 0.29) is 0 Å². The van der Waals surface area contributed by atoms with Crippen LogP contribution in [0.2, 0.25) is 10.0 Å². The third-order valence-corrected chi connectivity index (χ3v) is 3.30. The summed E-state index contributed by atoms with van der Waals surface area (Å²) in [7, 11) is 0. The Balaban J connectivity index is 2.50. The third-order valence-electron chi connectivity index (χ3n) is 2.62. The van der Waals surface area contributed by atoms with Crippen molar-refractivity contribution in [1.82, 2.24) is 0 Å². The zero-order valence-electron chi connectivity index (χ0n) is 9.00. The van der Waals surface area contributed by atoms with Crippen molar-refractivity contribution in [2.24, 2.45) is 0 Å². The lowest BCUT2D eigenvalue weighted by Crippen LogP contribution is -1.84. The van der Waals surface area contributed by atoms with E-state index in [0.29, 0.717) is 0 Å². The third kappa shape index (κ3) is 2.23. The van der Waals surface area contributed by atoms with Crippen LogP contribution in [0, 0.1) is 0 Å². The van der Waals surface area contributed by atoms with Crippen molar-refractivity contribution in [3.05, 3.63) is 58.1 Å². The van der Waals surface area contributed by atoms with Crippen molar-refractivity contribution in [2.75, 3.05) is 0 Å². The first-order valence-corrected chi connectivity index (χ1v) is 6.01. The van der Waals surface area contributed by atoms with Gasteiger partial charge in [0.25, 0.3) is 0 Å². The first-order valence-electron chi connectivity index (χ1n) is 5.25. The van der Waals surface area contributed by atoms with Gasteiger partial charge in [-0.1, -0.05) is 60.5 Å². The summed E-state index contributed by atoms with van der Waals surface area (Å²) in [6.07, 6.45) is 0.946. The van der Waals surface area contributed by atoms with Crippen LogP contribution in [0.1, 0.15) is 12.5 Å². The Hall–Kier alpha value is -0.980. The molecule has 0 aliphatic carbocycles. The molecule has 0 N–H and O–H groups in total. The van der Waals surface area contributed by atoms with Crippen LogP contribution >= 0.6 is 23.2 Å². The smallest absolute Gasteiger partial charge is 0.0484 e. The van der Waals surface area contributed by atoms with Gasteiger partial charge in [-0.2, -0.15) is 0 Å². The predicted molar refractivity (Wildman–Crippen MR) is 71.3 cm³/mol. The summed E-state index contributed by atoms with van der Waals surface area (Å²) in [6.45, 7) is 2.09. The van der Waals surface area contributed by atoms with Gasteiger partial charge in [0.15, 0.2) is 0 Å². The van der Waals surface area contributed by atoms with Crippen LogP contribution in [0.25, 0.3) is 11.1 Å². The normalized spacial score (nSPS) is 10.4. The molecule has 0 radical (unpaired) electrons. The van der Waals surface area contributed by atoms with Crippen LogP contribution in [0.4, 0.5) is 0 Å². The standard InChI is InChI=1S/C14H12Cl2/c1-2-10-7-8-11(9-14(10)16)12-5-3-4-6-13(12)15/h3-9H,2H2,1H3. The van der Waals surface area contributed by atoms with Gasteiger partial charge in [0, 0.05) is 15.6 Å². The molecule has 0 aliphatic heterocycles. The lowest BCUT2D eigenvalue weighted by Gasteiger charge is -2.07. The average molecular weight is 251 g/mol. The van der Waals surface area contributed by atoms with Crippen molar-refractivity contribution in [1.29, 1.82) is 0 Å². The van der Waals surface area contributed by atoms with Gasteiger partial charge >= 0.3 is 0 Å². The minimum atomic E-state index is 0.753. The van der Waals surface area contributed by atoms with E-state index in [9.17, 15) is 0 Å². The summed E-state index contributed by atoms with van der Waals surface area (Å²) in [5, 5.41) is 1.56. The van der Waals surface area contributed by atoms with Crippen LogP contribution in [-0.2, 0) is 6.42 Å².